The average Bonchev–Trinajstić information content (AvgIpc) is 3.67. The summed E-state index contributed by atoms with van der Waals surface area (Å²) in [6.45, 7) is 1.76. The Hall–Kier alpha value is -3.56. The van der Waals surface area contributed by atoms with E-state index < -0.39 is 6.04 Å². The number of benzene rings is 2. The van der Waals surface area contributed by atoms with Gasteiger partial charge in [-0.1, -0.05) is 48.7 Å². The van der Waals surface area contributed by atoms with E-state index in [2.05, 4.69) is 20.7 Å². The number of aryl methyl sites for hydroxylation is 1. The van der Waals surface area contributed by atoms with Gasteiger partial charge in [-0.15, -0.1) is 21.5 Å². The van der Waals surface area contributed by atoms with Crippen LogP contribution in [0.1, 0.15) is 42.2 Å². The first-order valence-electron chi connectivity index (χ1n) is 12.2. The second-order valence-electron chi connectivity index (χ2n) is 9.11. The Morgan fingerprint density at radius 3 is 2.57 bits per heavy atom. The number of carbonyl (C=O) groups excluding carboxylic acids is 2. The van der Waals surface area contributed by atoms with Gasteiger partial charge in [0.1, 0.15) is 12.6 Å². The Bertz CT molecular complexity index is 1370. The number of aromatic nitrogens is 4. The van der Waals surface area contributed by atoms with Crippen LogP contribution in [0.15, 0.2) is 66.0 Å². The lowest BCUT2D eigenvalue weighted by atomic mass is 10.1. The molecule has 1 saturated carbocycles. The number of nitrogens with one attached hydrogen (secondary N) is 1. The van der Waals surface area contributed by atoms with Gasteiger partial charge < -0.3 is 5.32 Å². The van der Waals surface area contributed by atoms with E-state index in [1.165, 1.54) is 16.1 Å². The summed E-state index contributed by atoms with van der Waals surface area (Å²) in [5, 5.41) is 18.3. The Balaban J connectivity index is 1.48. The highest BCUT2D eigenvalue weighted by Gasteiger charge is 2.36. The molecular weight excluding hydrogens is 508 g/mol. The molecule has 0 spiro atoms. The summed E-state index contributed by atoms with van der Waals surface area (Å²) in [5.74, 6) is -0.102. The fourth-order valence-corrected chi connectivity index (χ4v) is 5.58. The Morgan fingerprint density at radius 2 is 1.86 bits per heavy atom. The number of thiophene rings is 1. The van der Waals surface area contributed by atoms with Crippen LogP contribution in [0.25, 0.3) is 11.4 Å². The molecule has 5 rings (SSSR count). The number of nitrogens with zero attached hydrogens (tertiary/aromatic N) is 5. The van der Waals surface area contributed by atoms with Gasteiger partial charge in [0.25, 0.3) is 5.91 Å². The predicted octanol–water partition coefficient (Wildman–Crippen LogP) is 5.20. The lowest BCUT2D eigenvalue weighted by Gasteiger charge is -2.32. The number of carbonyl (C=O) groups is 2. The minimum Gasteiger partial charge on any atom is -0.351 e. The predicted molar refractivity (Wildman–Crippen MR) is 144 cm³/mol. The van der Waals surface area contributed by atoms with E-state index in [-0.39, 0.29) is 24.4 Å². The van der Waals surface area contributed by atoms with E-state index in [4.69, 9.17) is 11.6 Å². The molecule has 2 aromatic carbocycles. The van der Waals surface area contributed by atoms with Crippen molar-refractivity contribution in [3.8, 4) is 11.4 Å². The summed E-state index contributed by atoms with van der Waals surface area (Å²) in [6, 6.07) is 17.8. The average molecular weight is 535 g/mol. The fourth-order valence-electron chi connectivity index (χ4n) is 4.64. The van der Waals surface area contributed by atoms with E-state index in [1.54, 1.807) is 29.2 Å². The minimum absolute atomic E-state index is 0.128. The van der Waals surface area contributed by atoms with Crippen LogP contribution < -0.4 is 10.2 Å². The van der Waals surface area contributed by atoms with Crippen LogP contribution in [0.4, 0.5) is 5.69 Å². The van der Waals surface area contributed by atoms with Gasteiger partial charge in [0, 0.05) is 27.2 Å². The summed E-state index contributed by atoms with van der Waals surface area (Å²) < 4.78 is 0. The van der Waals surface area contributed by atoms with Crippen molar-refractivity contribution in [1.29, 1.82) is 0 Å². The van der Waals surface area contributed by atoms with Gasteiger partial charge >= 0.3 is 0 Å². The van der Waals surface area contributed by atoms with E-state index in [1.807, 2.05) is 48.7 Å². The van der Waals surface area contributed by atoms with Crippen molar-refractivity contribution in [3.05, 3.63) is 81.5 Å². The van der Waals surface area contributed by atoms with Crippen LogP contribution in [0, 0.1) is 6.92 Å². The zero-order valence-electron chi connectivity index (χ0n) is 20.4. The molecule has 2 amide bonds. The molecule has 1 N–H and O–H groups in total. The number of tetrazole rings is 1. The van der Waals surface area contributed by atoms with Crippen molar-refractivity contribution < 1.29 is 9.59 Å². The zero-order chi connectivity index (χ0) is 25.8. The van der Waals surface area contributed by atoms with E-state index in [0.717, 1.165) is 41.7 Å². The molecule has 1 fully saturated rings. The van der Waals surface area contributed by atoms with Crippen LogP contribution in [0.2, 0.25) is 5.02 Å². The number of halogens is 1. The zero-order valence-corrected chi connectivity index (χ0v) is 22.0. The number of hydrogen-bond acceptors (Lipinski definition) is 6. The largest absolute Gasteiger partial charge is 0.351 e. The SMILES string of the molecule is Cc1ccccc1N(C(=O)Cn1nnc(-c2ccc(Cl)cc2)n1)[C@@H](C(=O)NC1CCCC1)c1cccs1. The van der Waals surface area contributed by atoms with Crippen LogP contribution in [-0.2, 0) is 16.1 Å². The molecule has 2 aromatic heterocycles. The van der Waals surface area contributed by atoms with E-state index in [0.29, 0.717) is 16.5 Å². The maximum atomic E-state index is 13.9. The molecule has 10 heteroatoms. The lowest BCUT2D eigenvalue weighted by Crippen LogP contribution is -2.47. The topological polar surface area (TPSA) is 93.0 Å². The molecule has 37 heavy (non-hydrogen) atoms. The molecule has 8 nitrogen and oxygen atoms in total. The number of anilines is 1. The highest BCUT2D eigenvalue weighted by atomic mass is 35.5. The third-order valence-electron chi connectivity index (χ3n) is 6.50. The van der Waals surface area contributed by atoms with Crippen molar-refractivity contribution >= 4 is 40.4 Å². The summed E-state index contributed by atoms with van der Waals surface area (Å²) in [6.07, 6.45) is 4.11. The summed E-state index contributed by atoms with van der Waals surface area (Å²) >= 11 is 7.44. The van der Waals surface area contributed by atoms with E-state index in [9.17, 15) is 9.59 Å². The number of amides is 2. The van der Waals surface area contributed by atoms with Gasteiger partial charge in [-0.05, 0) is 72.3 Å². The summed E-state index contributed by atoms with van der Waals surface area (Å²) in [7, 11) is 0. The van der Waals surface area contributed by atoms with Gasteiger partial charge in [0.05, 0.1) is 0 Å². The molecule has 1 aliphatic carbocycles. The highest BCUT2D eigenvalue weighted by molar-refractivity contribution is 7.10. The molecule has 0 radical (unpaired) electrons. The summed E-state index contributed by atoms with van der Waals surface area (Å²) in [4.78, 5) is 31.3. The quantitative estimate of drug-likeness (QED) is 0.335. The van der Waals surface area contributed by atoms with Crippen LogP contribution in [-0.4, -0.2) is 38.1 Å². The smallest absolute Gasteiger partial charge is 0.251 e. The second-order valence-corrected chi connectivity index (χ2v) is 10.5. The Labute approximate surface area is 224 Å². The Kier molecular flexibility index (Phi) is 7.62. The normalized spacial score (nSPS) is 14.4. The molecule has 1 atom stereocenters. The highest BCUT2D eigenvalue weighted by Crippen LogP contribution is 2.33. The molecular formula is C27H27ClN6O2S. The molecule has 190 valence electrons. The molecule has 1 aliphatic rings. The summed E-state index contributed by atoms with van der Waals surface area (Å²) in [5.41, 5.74) is 2.30. The van der Waals surface area contributed by atoms with Crippen LogP contribution in [0.3, 0.4) is 0 Å². The molecule has 0 aliphatic heterocycles. The van der Waals surface area contributed by atoms with Crippen molar-refractivity contribution in [2.45, 2.75) is 51.2 Å². The monoisotopic (exact) mass is 534 g/mol. The number of rotatable bonds is 8. The minimum atomic E-state index is -0.812. The van der Waals surface area contributed by atoms with Gasteiger partial charge in [0.15, 0.2) is 0 Å². The first-order chi connectivity index (χ1) is 18.0. The van der Waals surface area contributed by atoms with Gasteiger partial charge in [-0.25, -0.2) is 0 Å². The van der Waals surface area contributed by atoms with Crippen molar-refractivity contribution in [1.82, 2.24) is 25.5 Å². The lowest BCUT2D eigenvalue weighted by molar-refractivity contribution is -0.127. The van der Waals surface area contributed by atoms with Crippen LogP contribution in [0.5, 0.6) is 0 Å². The van der Waals surface area contributed by atoms with Gasteiger partial charge in [0.2, 0.25) is 11.7 Å². The van der Waals surface area contributed by atoms with Crippen molar-refractivity contribution in [3.63, 3.8) is 0 Å². The maximum absolute atomic E-state index is 13.9. The van der Waals surface area contributed by atoms with Crippen molar-refractivity contribution in [2.24, 2.45) is 0 Å². The first-order valence-corrected chi connectivity index (χ1v) is 13.5. The van der Waals surface area contributed by atoms with Gasteiger partial charge in [-0.2, -0.15) is 4.80 Å². The number of para-hydroxylation sites is 1. The van der Waals surface area contributed by atoms with Crippen molar-refractivity contribution in [2.75, 3.05) is 4.90 Å². The third kappa shape index (κ3) is 5.73. The van der Waals surface area contributed by atoms with Gasteiger partial charge in [-0.3, -0.25) is 14.5 Å². The third-order valence-corrected chi connectivity index (χ3v) is 7.67. The standard InChI is InChI=1S/C27H27ClN6O2S/c1-18-7-2-5-10-22(18)34(25(23-11-6-16-37-23)27(36)29-21-8-3-4-9-21)24(35)17-33-31-26(30-32-33)19-12-14-20(28)15-13-19/h2,5-7,10-16,21,25H,3-4,8-9,17H2,1H3,(H,29,36)/t25-/m1/s1. The maximum Gasteiger partial charge on any atom is 0.251 e. The van der Waals surface area contributed by atoms with Crippen LogP contribution >= 0.6 is 22.9 Å². The fraction of sp³-hybridized carbons (Fsp3) is 0.296. The molecule has 2 heterocycles. The molecule has 0 saturated heterocycles. The number of hydrogen-bond donors (Lipinski definition) is 1. The molecule has 0 unspecified atom stereocenters. The first kappa shape index (κ1) is 25.1. The van der Waals surface area contributed by atoms with E-state index >= 15 is 0 Å². The second kappa shape index (κ2) is 11.2. The Morgan fingerprint density at radius 1 is 1.11 bits per heavy atom. The molecule has 4 aromatic rings. The molecule has 0 bridgehead atoms.